The van der Waals surface area contributed by atoms with Crippen LogP contribution in [-0.2, 0) is 0 Å². The molecule has 0 aliphatic carbocycles. The Morgan fingerprint density at radius 1 is 1.08 bits per heavy atom. The third kappa shape index (κ3) is 2.71. The standard InChI is InChI=1S/C19H15N5O2/c20-12-5-7-13(8-6-12)24-17-4-2-1-3-15(17)18(23-24)22-16-11-21-10-9-14(16)19(25)26/h1-11H,20H2,(H,22,23)(H,25,26). The number of aromatic nitrogens is 3. The zero-order valence-electron chi connectivity index (χ0n) is 13.6. The van der Waals surface area contributed by atoms with Crippen molar-refractivity contribution in [1.29, 1.82) is 0 Å². The highest BCUT2D eigenvalue weighted by atomic mass is 16.4. The predicted molar refractivity (Wildman–Crippen MR) is 100.0 cm³/mol. The van der Waals surface area contributed by atoms with Crippen LogP contribution < -0.4 is 11.1 Å². The fourth-order valence-electron chi connectivity index (χ4n) is 2.78. The molecule has 0 fully saturated rings. The van der Waals surface area contributed by atoms with Crippen LogP contribution in [0.15, 0.2) is 67.0 Å². The van der Waals surface area contributed by atoms with Gasteiger partial charge in [-0.1, -0.05) is 12.1 Å². The molecule has 0 bridgehead atoms. The van der Waals surface area contributed by atoms with E-state index in [1.54, 1.807) is 4.68 Å². The minimum atomic E-state index is -1.03. The lowest BCUT2D eigenvalue weighted by molar-refractivity contribution is 0.0698. The summed E-state index contributed by atoms with van der Waals surface area (Å²) in [4.78, 5) is 15.4. The third-order valence-corrected chi connectivity index (χ3v) is 4.03. The average Bonchev–Trinajstić information content (AvgIpc) is 3.01. The third-order valence-electron chi connectivity index (χ3n) is 4.03. The molecule has 0 amide bonds. The van der Waals surface area contributed by atoms with Gasteiger partial charge in [0.1, 0.15) is 0 Å². The molecular weight excluding hydrogens is 330 g/mol. The van der Waals surface area contributed by atoms with Gasteiger partial charge in [0.25, 0.3) is 0 Å². The Morgan fingerprint density at radius 2 is 1.85 bits per heavy atom. The van der Waals surface area contributed by atoms with Gasteiger partial charge in [-0.3, -0.25) is 4.98 Å². The van der Waals surface area contributed by atoms with Crippen LogP contribution in [0.25, 0.3) is 16.6 Å². The quantitative estimate of drug-likeness (QED) is 0.489. The number of carboxylic acids is 1. The molecule has 128 valence electrons. The number of para-hydroxylation sites is 1. The zero-order chi connectivity index (χ0) is 18.1. The summed E-state index contributed by atoms with van der Waals surface area (Å²) in [5, 5.41) is 18.0. The summed E-state index contributed by atoms with van der Waals surface area (Å²) < 4.78 is 1.79. The molecule has 26 heavy (non-hydrogen) atoms. The molecular formula is C19H15N5O2. The first-order valence-corrected chi connectivity index (χ1v) is 7.91. The van der Waals surface area contributed by atoms with Crippen LogP contribution in [0.2, 0.25) is 0 Å². The highest BCUT2D eigenvalue weighted by Gasteiger charge is 2.15. The normalized spacial score (nSPS) is 10.8. The first kappa shape index (κ1) is 15.6. The van der Waals surface area contributed by atoms with Crippen molar-refractivity contribution in [3.8, 4) is 5.69 Å². The van der Waals surface area contributed by atoms with E-state index in [1.807, 2.05) is 48.5 Å². The van der Waals surface area contributed by atoms with Crippen LogP contribution in [0.1, 0.15) is 10.4 Å². The van der Waals surface area contributed by atoms with Gasteiger partial charge in [0.2, 0.25) is 0 Å². The second-order valence-corrected chi connectivity index (χ2v) is 5.72. The average molecular weight is 345 g/mol. The van der Waals surface area contributed by atoms with E-state index in [0.717, 1.165) is 16.6 Å². The Labute approximate surface area is 148 Å². The molecule has 7 heteroatoms. The second-order valence-electron chi connectivity index (χ2n) is 5.72. The van der Waals surface area contributed by atoms with Gasteiger partial charge in [-0.05, 0) is 42.5 Å². The number of carbonyl (C=O) groups is 1. The molecule has 4 N–H and O–H groups in total. The van der Waals surface area contributed by atoms with E-state index >= 15 is 0 Å². The van der Waals surface area contributed by atoms with Gasteiger partial charge in [-0.2, -0.15) is 0 Å². The smallest absolute Gasteiger partial charge is 0.337 e. The maximum Gasteiger partial charge on any atom is 0.337 e. The Kier molecular flexibility index (Phi) is 3.74. The molecule has 4 rings (SSSR count). The molecule has 7 nitrogen and oxygen atoms in total. The number of carboxylic acid groups (broad SMARTS) is 1. The van der Waals surface area contributed by atoms with Crippen molar-refractivity contribution in [2.24, 2.45) is 0 Å². The van der Waals surface area contributed by atoms with E-state index in [4.69, 9.17) is 5.73 Å². The number of benzene rings is 2. The van der Waals surface area contributed by atoms with Crippen molar-refractivity contribution in [2.75, 3.05) is 11.1 Å². The summed E-state index contributed by atoms with van der Waals surface area (Å²) in [6.07, 6.45) is 2.92. The van der Waals surface area contributed by atoms with Crippen LogP contribution in [-0.4, -0.2) is 25.8 Å². The molecule has 0 saturated heterocycles. The molecule has 0 unspecified atom stereocenters. The SMILES string of the molecule is Nc1ccc(-n2nc(Nc3cnccc3C(=O)O)c3ccccc32)cc1. The fourth-order valence-corrected chi connectivity index (χ4v) is 2.78. The monoisotopic (exact) mass is 345 g/mol. The van der Waals surface area contributed by atoms with Crippen LogP contribution >= 0.6 is 0 Å². The van der Waals surface area contributed by atoms with E-state index in [9.17, 15) is 9.90 Å². The number of pyridine rings is 1. The molecule has 2 aromatic carbocycles. The van der Waals surface area contributed by atoms with Crippen molar-refractivity contribution < 1.29 is 9.90 Å². The number of nitrogens with zero attached hydrogens (tertiary/aromatic N) is 3. The summed E-state index contributed by atoms with van der Waals surface area (Å²) >= 11 is 0. The molecule has 0 saturated carbocycles. The van der Waals surface area contributed by atoms with Crippen LogP contribution in [0.5, 0.6) is 0 Å². The molecule has 0 aliphatic rings. The minimum Gasteiger partial charge on any atom is -0.478 e. The predicted octanol–water partition coefficient (Wildman–Crippen LogP) is 3.44. The van der Waals surface area contributed by atoms with Crippen LogP contribution in [0.3, 0.4) is 0 Å². The number of aromatic carboxylic acids is 1. The molecule has 2 aromatic heterocycles. The summed E-state index contributed by atoms with van der Waals surface area (Å²) in [5.74, 6) is -0.481. The summed E-state index contributed by atoms with van der Waals surface area (Å²) in [6.45, 7) is 0. The van der Waals surface area contributed by atoms with Crippen LogP contribution in [0, 0.1) is 0 Å². The zero-order valence-corrected chi connectivity index (χ0v) is 13.6. The molecule has 0 radical (unpaired) electrons. The topological polar surface area (TPSA) is 106 Å². The van der Waals surface area contributed by atoms with Gasteiger partial charge >= 0.3 is 5.97 Å². The molecule has 4 aromatic rings. The summed E-state index contributed by atoms with van der Waals surface area (Å²) in [7, 11) is 0. The van der Waals surface area contributed by atoms with Gasteiger partial charge in [0.15, 0.2) is 5.82 Å². The van der Waals surface area contributed by atoms with Crippen molar-refractivity contribution in [3.05, 3.63) is 72.6 Å². The van der Waals surface area contributed by atoms with E-state index in [0.29, 0.717) is 17.2 Å². The van der Waals surface area contributed by atoms with Gasteiger partial charge in [0, 0.05) is 17.3 Å². The number of anilines is 3. The summed E-state index contributed by atoms with van der Waals surface area (Å²) in [6, 6.07) is 16.5. The number of nitrogen functional groups attached to an aromatic ring is 1. The van der Waals surface area contributed by atoms with Crippen molar-refractivity contribution in [1.82, 2.24) is 14.8 Å². The van der Waals surface area contributed by atoms with Gasteiger partial charge in [-0.15, -0.1) is 5.10 Å². The van der Waals surface area contributed by atoms with Gasteiger partial charge < -0.3 is 16.2 Å². The first-order valence-electron chi connectivity index (χ1n) is 7.91. The van der Waals surface area contributed by atoms with Gasteiger partial charge in [-0.25, -0.2) is 9.48 Å². The van der Waals surface area contributed by atoms with Crippen molar-refractivity contribution >= 4 is 34.1 Å². The maximum absolute atomic E-state index is 11.4. The molecule has 0 atom stereocenters. The summed E-state index contributed by atoms with van der Waals surface area (Å²) in [5.41, 5.74) is 8.69. The first-order chi connectivity index (χ1) is 12.6. The highest BCUT2D eigenvalue weighted by Crippen LogP contribution is 2.29. The lowest BCUT2D eigenvalue weighted by Crippen LogP contribution is -2.04. The molecule has 0 spiro atoms. The Hall–Kier alpha value is -3.87. The lowest BCUT2D eigenvalue weighted by Gasteiger charge is -2.06. The minimum absolute atomic E-state index is 0.131. The largest absolute Gasteiger partial charge is 0.478 e. The number of nitrogens with two attached hydrogens (primary N) is 1. The van der Waals surface area contributed by atoms with E-state index < -0.39 is 5.97 Å². The van der Waals surface area contributed by atoms with Crippen LogP contribution in [0.4, 0.5) is 17.2 Å². The highest BCUT2D eigenvalue weighted by molar-refractivity contribution is 5.98. The Morgan fingerprint density at radius 3 is 2.62 bits per heavy atom. The number of nitrogens with one attached hydrogen (secondary N) is 1. The molecule has 0 aliphatic heterocycles. The fraction of sp³-hybridized carbons (Fsp3) is 0. The number of fused-ring (bicyclic) bond motifs is 1. The number of rotatable bonds is 4. The number of hydrogen-bond donors (Lipinski definition) is 3. The van der Waals surface area contributed by atoms with Crippen molar-refractivity contribution in [2.45, 2.75) is 0 Å². The Bertz CT molecular complexity index is 1100. The van der Waals surface area contributed by atoms with Gasteiger partial charge in [0.05, 0.1) is 28.7 Å². The van der Waals surface area contributed by atoms with E-state index in [1.165, 1.54) is 18.5 Å². The lowest BCUT2D eigenvalue weighted by atomic mass is 10.2. The molecule has 2 heterocycles. The maximum atomic E-state index is 11.4. The Balaban J connectivity index is 1.84. The van der Waals surface area contributed by atoms with E-state index in [2.05, 4.69) is 15.4 Å². The second kappa shape index (κ2) is 6.21. The van der Waals surface area contributed by atoms with Crippen molar-refractivity contribution in [3.63, 3.8) is 0 Å². The number of hydrogen-bond acceptors (Lipinski definition) is 5. The van der Waals surface area contributed by atoms with E-state index in [-0.39, 0.29) is 5.56 Å².